The molecule has 0 spiro atoms. The van der Waals surface area contributed by atoms with Crippen LogP contribution in [0.3, 0.4) is 0 Å². The van der Waals surface area contributed by atoms with Crippen molar-refractivity contribution in [3.8, 4) is 0 Å². The highest BCUT2D eigenvalue weighted by Gasteiger charge is 2.27. The van der Waals surface area contributed by atoms with Crippen molar-refractivity contribution >= 4 is 5.97 Å². The van der Waals surface area contributed by atoms with Crippen LogP contribution in [0.5, 0.6) is 0 Å². The minimum Gasteiger partial charge on any atom is -0.480 e. The minimum atomic E-state index is -1.07. The number of rotatable bonds is 8. The normalized spacial score (nSPS) is 21.1. The molecule has 1 aliphatic rings. The summed E-state index contributed by atoms with van der Waals surface area (Å²) in [6.07, 6.45) is 2.46. The zero-order chi connectivity index (χ0) is 15.2. The molecule has 1 unspecified atom stereocenters. The quantitative estimate of drug-likeness (QED) is 0.657. The molecule has 0 radical (unpaired) electrons. The molecule has 3 N–H and O–H groups in total. The first-order valence-electron chi connectivity index (χ1n) is 7.78. The molecule has 0 bridgehead atoms. The highest BCUT2D eigenvalue weighted by molar-refractivity contribution is 5.77. The highest BCUT2D eigenvalue weighted by atomic mass is 16.4. The molecule has 1 rings (SSSR count). The molecule has 0 amide bonds. The molecular formula is C15H31N3O2. The van der Waals surface area contributed by atoms with E-state index in [4.69, 9.17) is 10.8 Å². The van der Waals surface area contributed by atoms with Gasteiger partial charge < -0.3 is 20.6 Å². The van der Waals surface area contributed by atoms with Crippen LogP contribution in [0.2, 0.25) is 0 Å². The summed E-state index contributed by atoms with van der Waals surface area (Å²) in [4.78, 5) is 15.9. The lowest BCUT2D eigenvalue weighted by molar-refractivity contribution is -0.142. The zero-order valence-corrected chi connectivity index (χ0v) is 13.3. The van der Waals surface area contributed by atoms with E-state index < -0.39 is 11.5 Å². The number of hydrogen-bond acceptors (Lipinski definition) is 4. The van der Waals surface area contributed by atoms with Crippen LogP contribution in [0.4, 0.5) is 0 Å². The first-order chi connectivity index (χ1) is 9.31. The van der Waals surface area contributed by atoms with Crippen molar-refractivity contribution in [2.45, 2.75) is 45.6 Å². The van der Waals surface area contributed by atoms with Gasteiger partial charge in [-0.25, -0.2) is 0 Å². The second-order valence-corrected chi connectivity index (χ2v) is 6.72. The number of unbranched alkanes of at least 4 members (excludes halogenated alkanes) is 1. The maximum atomic E-state index is 10.9. The summed E-state index contributed by atoms with van der Waals surface area (Å²) in [6.45, 7) is 12.9. The number of aliphatic carboxylic acids is 1. The monoisotopic (exact) mass is 285 g/mol. The van der Waals surface area contributed by atoms with Crippen molar-refractivity contribution in [1.82, 2.24) is 9.80 Å². The Labute approximate surface area is 123 Å². The second-order valence-electron chi connectivity index (χ2n) is 6.72. The van der Waals surface area contributed by atoms with Crippen LogP contribution in [0, 0.1) is 5.92 Å². The third kappa shape index (κ3) is 6.20. The molecule has 0 saturated carbocycles. The van der Waals surface area contributed by atoms with E-state index in [1.54, 1.807) is 6.92 Å². The van der Waals surface area contributed by atoms with Gasteiger partial charge in [-0.1, -0.05) is 13.8 Å². The van der Waals surface area contributed by atoms with Crippen molar-refractivity contribution in [3.63, 3.8) is 0 Å². The Kier molecular flexibility index (Phi) is 6.92. The number of nitrogens with zero attached hydrogens (tertiary/aromatic N) is 2. The highest BCUT2D eigenvalue weighted by Crippen LogP contribution is 2.12. The third-order valence-electron chi connectivity index (χ3n) is 4.00. The average molecular weight is 285 g/mol. The lowest BCUT2D eigenvalue weighted by Gasteiger charge is -2.35. The molecule has 1 fully saturated rings. The van der Waals surface area contributed by atoms with E-state index in [0.717, 1.165) is 51.5 Å². The van der Waals surface area contributed by atoms with Crippen molar-refractivity contribution in [1.29, 1.82) is 0 Å². The van der Waals surface area contributed by atoms with E-state index in [1.165, 1.54) is 6.54 Å². The van der Waals surface area contributed by atoms with Gasteiger partial charge in [-0.15, -0.1) is 0 Å². The number of piperazine rings is 1. The van der Waals surface area contributed by atoms with Gasteiger partial charge >= 0.3 is 5.97 Å². The van der Waals surface area contributed by atoms with Crippen LogP contribution < -0.4 is 5.73 Å². The van der Waals surface area contributed by atoms with Crippen molar-refractivity contribution in [2.24, 2.45) is 11.7 Å². The smallest absolute Gasteiger partial charge is 0.323 e. The summed E-state index contributed by atoms with van der Waals surface area (Å²) in [6, 6.07) is 0. The van der Waals surface area contributed by atoms with Gasteiger partial charge in [0.2, 0.25) is 0 Å². The fraction of sp³-hybridized carbons (Fsp3) is 0.933. The van der Waals surface area contributed by atoms with Crippen LogP contribution in [0.25, 0.3) is 0 Å². The Balaban J connectivity index is 2.11. The van der Waals surface area contributed by atoms with Gasteiger partial charge in [0.25, 0.3) is 0 Å². The van der Waals surface area contributed by atoms with Gasteiger partial charge in [0, 0.05) is 32.7 Å². The van der Waals surface area contributed by atoms with Crippen LogP contribution >= 0.6 is 0 Å². The summed E-state index contributed by atoms with van der Waals surface area (Å²) in [7, 11) is 0. The molecule has 5 heteroatoms. The van der Waals surface area contributed by atoms with E-state index in [1.807, 2.05) is 0 Å². The Morgan fingerprint density at radius 2 is 1.75 bits per heavy atom. The molecule has 0 aliphatic carbocycles. The molecular weight excluding hydrogens is 254 g/mol. The summed E-state index contributed by atoms with van der Waals surface area (Å²) in [5, 5.41) is 8.95. The van der Waals surface area contributed by atoms with Gasteiger partial charge in [-0.3, -0.25) is 4.79 Å². The lowest BCUT2D eigenvalue weighted by Crippen LogP contribution is -2.47. The predicted molar refractivity (Wildman–Crippen MR) is 81.8 cm³/mol. The molecule has 118 valence electrons. The molecule has 0 aromatic carbocycles. The first kappa shape index (κ1) is 17.4. The number of carbonyl (C=O) groups is 1. The van der Waals surface area contributed by atoms with E-state index >= 15 is 0 Å². The predicted octanol–water partition coefficient (Wildman–Crippen LogP) is 1.23. The largest absolute Gasteiger partial charge is 0.480 e. The van der Waals surface area contributed by atoms with Crippen LogP contribution in [0.15, 0.2) is 0 Å². The molecule has 1 heterocycles. The maximum absolute atomic E-state index is 10.9. The van der Waals surface area contributed by atoms with E-state index in [-0.39, 0.29) is 0 Å². The van der Waals surface area contributed by atoms with Crippen molar-refractivity contribution < 1.29 is 9.90 Å². The Morgan fingerprint density at radius 3 is 2.25 bits per heavy atom. The summed E-state index contributed by atoms with van der Waals surface area (Å²) < 4.78 is 0. The molecule has 20 heavy (non-hydrogen) atoms. The second kappa shape index (κ2) is 7.96. The van der Waals surface area contributed by atoms with E-state index in [9.17, 15) is 4.79 Å². The van der Waals surface area contributed by atoms with Crippen molar-refractivity contribution in [3.05, 3.63) is 0 Å². The molecule has 1 aliphatic heterocycles. The van der Waals surface area contributed by atoms with Crippen LogP contribution in [-0.4, -0.2) is 65.7 Å². The van der Waals surface area contributed by atoms with Crippen LogP contribution in [-0.2, 0) is 4.79 Å². The minimum absolute atomic E-state index is 0.551. The molecule has 0 aromatic rings. The Bertz CT molecular complexity index is 297. The molecule has 0 aromatic heterocycles. The van der Waals surface area contributed by atoms with Gasteiger partial charge in [-0.05, 0) is 38.6 Å². The zero-order valence-electron chi connectivity index (χ0n) is 13.3. The maximum Gasteiger partial charge on any atom is 0.323 e. The van der Waals surface area contributed by atoms with Gasteiger partial charge in [0.15, 0.2) is 0 Å². The number of hydrogen-bond donors (Lipinski definition) is 2. The number of nitrogens with two attached hydrogens (primary N) is 1. The molecule has 1 saturated heterocycles. The fourth-order valence-electron chi connectivity index (χ4n) is 2.65. The van der Waals surface area contributed by atoms with E-state index in [0.29, 0.717) is 6.42 Å². The third-order valence-corrected chi connectivity index (χ3v) is 4.00. The van der Waals surface area contributed by atoms with Gasteiger partial charge in [0.05, 0.1) is 0 Å². The Hall–Kier alpha value is -0.650. The average Bonchev–Trinajstić information content (AvgIpc) is 2.35. The number of carboxylic acids is 1. The summed E-state index contributed by atoms with van der Waals surface area (Å²) in [5.74, 6) is -0.167. The lowest BCUT2D eigenvalue weighted by atomic mass is 9.96. The molecule has 1 atom stereocenters. The Morgan fingerprint density at radius 1 is 1.20 bits per heavy atom. The standard InChI is InChI=1S/C15H31N3O2/c1-13(2)12-18-10-8-17(9-11-18)7-5-4-6-15(3,16)14(19)20/h13H,4-12,16H2,1-3H3,(H,19,20). The van der Waals surface area contributed by atoms with Gasteiger partial charge in [0.1, 0.15) is 5.54 Å². The first-order valence-corrected chi connectivity index (χ1v) is 7.78. The van der Waals surface area contributed by atoms with Crippen molar-refractivity contribution in [2.75, 3.05) is 39.3 Å². The molecule has 5 nitrogen and oxygen atoms in total. The van der Waals surface area contributed by atoms with Gasteiger partial charge in [-0.2, -0.15) is 0 Å². The summed E-state index contributed by atoms with van der Waals surface area (Å²) in [5.41, 5.74) is 4.65. The number of carboxylic acid groups (broad SMARTS) is 1. The summed E-state index contributed by atoms with van der Waals surface area (Å²) >= 11 is 0. The fourth-order valence-corrected chi connectivity index (χ4v) is 2.65. The topological polar surface area (TPSA) is 69.8 Å². The van der Waals surface area contributed by atoms with E-state index in [2.05, 4.69) is 23.6 Å². The van der Waals surface area contributed by atoms with Crippen LogP contribution in [0.1, 0.15) is 40.0 Å². The SMILES string of the molecule is CC(C)CN1CCN(CCCCC(C)(N)C(=O)O)CC1.